The van der Waals surface area contributed by atoms with Crippen LogP contribution in [0.5, 0.6) is 0 Å². The van der Waals surface area contributed by atoms with E-state index in [9.17, 15) is 9.59 Å². The Morgan fingerprint density at radius 2 is 2.00 bits per heavy atom. The third-order valence-electron chi connectivity index (χ3n) is 9.05. The number of hydrogen-bond acceptors (Lipinski definition) is 3. The van der Waals surface area contributed by atoms with Crippen molar-refractivity contribution in [2.75, 3.05) is 5.88 Å². The van der Waals surface area contributed by atoms with E-state index in [0.29, 0.717) is 41.8 Å². The van der Waals surface area contributed by atoms with E-state index in [-0.39, 0.29) is 22.9 Å². The maximum absolute atomic E-state index is 12.2. The smallest absolute Gasteiger partial charge is 0.302 e. The van der Waals surface area contributed by atoms with Crippen molar-refractivity contribution in [1.82, 2.24) is 0 Å². The van der Waals surface area contributed by atoms with Gasteiger partial charge in [0, 0.05) is 24.6 Å². The number of esters is 1. The van der Waals surface area contributed by atoms with Crippen LogP contribution in [-0.4, -0.2) is 23.7 Å². The molecule has 0 aromatic rings. The number of carbonyl (C=O) groups excluding carboxylic acids is 2. The standard InChI is InChI=1S/C25H35ClO3/c1-16(27)29-22-8-7-20-23-17(6-4-5-13-26)14-18-15-19(28)9-11-24(18,2)21(23)10-12-25(20,22)3/h4-5,15,17,20-23H,6-14H2,1-3H3/b5-4+/t17-,20-,21-,22-,23-,24-,25-/m0/s1. The largest absolute Gasteiger partial charge is 0.462 e. The van der Waals surface area contributed by atoms with Crippen LogP contribution in [0.4, 0.5) is 0 Å². The molecule has 0 amide bonds. The third kappa shape index (κ3) is 3.52. The fourth-order valence-corrected chi connectivity index (χ4v) is 7.75. The molecule has 0 aromatic carbocycles. The molecule has 4 heteroatoms. The van der Waals surface area contributed by atoms with Gasteiger partial charge < -0.3 is 4.74 Å². The Balaban J connectivity index is 1.69. The fraction of sp³-hybridized carbons (Fsp3) is 0.760. The van der Waals surface area contributed by atoms with E-state index in [0.717, 1.165) is 38.5 Å². The van der Waals surface area contributed by atoms with Crippen LogP contribution in [0.1, 0.15) is 72.1 Å². The minimum atomic E-state index is -0.146. The quantitative estimate of drug-likeness (QED) is 0.326. The van der Waals surface area contributed by atoms with Crippen LogP contribution in [0.25, 0.3) is 0 Å². The molecule has 3 fully saturated rings. The second kappa shape index (κ2) is 7.87. The predicted octanol–water partition coefficient (Wildman–Crippen LogP) is 5.86. The molecule has 0 N–H and O–H groups in total. The zero-order chi connectivity index (χ0) is 20.8. The first-order valence-corrected chi connectivity index (χ1v) is 11.9. The highest BCUT2D eigenvalue weighted by molar-refractivity contribution is 6.18. The zero-order valence-electron chi connectivity index (χ0n) is 18.1. The van der Waals surface area contributed by atoms with Gasteiger partial charge in [0.15, 0.2) is 5.78 Å². The zero-order valence-corrected chi connectivity index (χ0v) is 18.8. The lowest BCUT2D eigenvalue weighted by molar-refractivity contribution is -0.158. The van der Waals surface area contributed by atoms with Gasteiger partial charge in [0.1, 0.15) is 6.10 Å². The van der Waals surface area contributed by atoms with Gasteiger partial charge in [-0.2, -0.15) is 0 Å². The van der Waals surface area contributed by atoms with Crippen LogP contribution in [0.3, 0.4) is 0 Å². The average molecular weight is 419 g/mol. The van der Waals surface area contributed by atoms with Crippen molar-refractivity contribution in [1.29, 1.82) is 0 Å². The maximum atomic E-state index is 12.2. The molecular formula is C25H35ClO3. The van der Waals surface area contributed by atoms with Crippen LogP contribution >= 0.6 is 11.6 Å². The first kappa shape index (κ1) is 21.2. The van der Waals surface area contributed by atoms with Gasteiger partial charge >= 0.3 is 5.97 Å². The number of ether oxygens (including phenoxy) is 1. The summed E-state index contributed by atoms with van der Waals surface area (Å²) in [5, 5.41) is 0. The lowest BCUT2D eigenvalue weighted by Crippen LogP contribution is -2.54. The Bertz CT molecular complexity index is 740. The van der Waals surface area contributed by atoms with Crippen LogP contribution in [-0.2, 0) is 14.3 Å². The summed E-state index contributed by atoms with van der Waals surface area (Å²) in [5.74, 6) is 3.11. The molecule has 0 heterocycles. The number of fused-ring (bicyclic) bond motifs is 5. The fourth-order valence-electron chi connectivity index (χ4n) is 7.62. The molecule has 4 aliphatic rings. The summed E-state index contributed by atoms with van der Waals surface area (Å²) in [4.78, 5) is 23.9. The Hall–Kier alpha value is -1.09. The molecule has 4 aliphatic carbocycles. The molecule has 29 heavy (non-hydrogen) atoms. The first-order chi connectivity index (χ1) is 13.8. The van der Waals surface area contributed by atoms with Crippen molar-refractivity contribution in [3.63, 3.8) is 0 Å². The van der Waals surface area contributed by atoms with Crippen LogP contribution in [0, 0.1) is 34.5 Å². The Labute approximate surface area is 180 Å². The van der Waals surface area contributed by atoms with E-state index in [4.69, 9.17) is 16.3 Å². The normalized spacial score (nSPS) is 44.1. The van der Waals surface area contributed by atoms with E-state index >= 15 is 0 Å². The van der Waals surface area contributed by atoms with Gasteiger partial charge in [0.05, 0.1) is 0 Å². The lowest BCUT2D eigenvalue weighted by Gasteiger charge is -2.60. The Kier molecular flexibility index (Phi) is 5.74. The summed E-state index contributed by atoms with van der Waals surface area (Å²) in [6.07, 6.45) is 14.5. The van der Waals surface area contributed by atoms with Gasteiger partial charge in [-0.1, -0.05) is 31.6 Å². The van der Waals surface area contributed by atoms with Gasteiger partial charge in [0.25, 0.3) is 0 Å². The maximum Gasteiger partial charge on any atom is 0.302 e. The molecule has 0 aromatic heterocycles. The molecule has 0 saturated heterocycles. The summed E-state index contributed by atoms with van der Waals surface area (Å²) in [7, 11) is 0. The number of rotatable bonds is 4. The number of ketones is 1. The van der Waals surface area contributed by atoms with Crippen molar-refractivity contribution < 1.29 is 14.3 Å². The molecule has 0 unspecified atom stereocenters. The highest BCUT2D eigenvalue weighted by Gasteiger charge is 2.61. The number of hydrogen-bond donors (Lipinski definition) is 0. The number of alkyl halides is 1. The first-order valence-electron chi connectivity index (χ1n) is 11.4. The molecule has 0 spiro atoms. The summed E-state index contributed by atoms with van der Waals surface area (Å²) < 4.78 is 5.82. The van der Waals surface area contributed by atoms with Gasteiger partial charge in [-0.05, 0) is 80.1 Å². The number of allylic oxidation sites excluding steroid dienone is 3. The summed E-state index contributed by atoms with van der Waals surface area (Å²) in [6.45, 7) is 6.34. The lowest BCUT2D eigenvalue weighted by atomic mass is 9.44. The summed E-state index contributed by atoms with van der Waals surface area (Å²) in [6, 6.07) is 0. The number of halogens is 1. The van der Waals surface area contributed by atoms with Gasteiger partial charge in [-0.3, -0.25) is 9.59 Å². The van der Waals surface area contributed by atoms with E-state index in [1.165, 1.54) is 12.0 Å². The average Bonchev–Trinajstić information content (AvgIpc) is 2.99. The van der Waals surface area contributed by atoms with Gasteiger partial charge in [-0.15, -0.1) is 11.6 Å². The Morgan fingerprint density at radius 3 is 2.72 bits per heavy atom. The van der Waals surface area contributed by atoms with Crippen molar-refractivity contribution in [3.05, 3.63) is 23.8 Å². The molecule has 3 nitrogen and oxygen atoms in total. The summed E-state index contributed by atoms with van der Waals surface area (Å²) in [5.41, 5.74) is 1.65. The van der Waals surface area contributed by atoms with E-state index in [2.05, 4.69) is 26.0 Å². The molecule has 0 aliphatic heterocycles. The highest BCUT2D eigenvalue weighted by Crippen LogP contribution is 2.67. The van der Waals surface area contributed by atoms with Gasteiger partial charge in [-0.25, -0.2) is 0 Å². The molecule has 0 radical (unpaired) electrons. The van der Waals surface area contributed by atoms with Gasteiger partial charge in [0.2, 0.25) is 0 Å². The minimum absolute atomic E-state index is 0.0580. The van der Waals surface area contributed by atoms with E-state index in [1.54, 1.807) is 6.92 Å². The summed E-state index contributed by atoms with van der Waals surface area (Å²) >= 11 is 5.90. The van der Waals surface area contributed by atoms with Crippen LogP contribution in [0.15, 0.2) is 23.8 Å². The molecule has 4 rings (SSSR count). The molecule has 3 saturated carbocycles. The van der Waals surface area contributed by atoms with Crippen molar-refractivity contribution in [3.8, 4) is 0 Å². The molecule has 160 valence electrons. The van der Waals surface area contributed by atoms with Crippen molar-refractivity contribution in [2.45, 2.75) is 78.2 Å². The van der Waals surface area contributed by atoms with Crippen molar-refractivity contribution >= 4 is 23.4 Å². The molecule has 7 atom stereocenters. The topological polar surface area (TPSA) is 43.4 Å². The van der Waals surface area contributed by atoms with Crippen LogP contribution in [0.2, 0.25) is 0 Å². The highest BCUT2D eigenvalue weighted by atomic mass is 35.5. The number of carbonyl (C=O) groups is 2. The second-order valence-electron chi connectivity index (χ2n) is 10.4. The predicted molar refractivity (Wildman–Crippen MR) is 116 cm³/mol. The Morgan fingerprint density at radius 1 is 1.21 bits per heavy atom. The SMILES string of the molecule is CC(=O)O[C@H]1CC[C@H]2[C@@H]3[C@@H](C/C=C/CCl)CC4=CC(=O)CC[C@]4(C)[C@H]3CC[C@]12C. The van der Waals surface area contributed by atoms with Crippen LogP contribution < -0.4 is 0 Å². The third-order valence-corrected chi connectivity index (χ3v) is 9.23. The second-order valence-corrected chi connectivity index (χ2v) is 10.7. The minimum Gasteiger partial charge on any atom is -0.462 e. The van der Waals surface area contributed by atoms with E-state index < -0.39 is 0 Å². The van der Waals surface area contributed by atoms with Crippen molar-refractivity contribution in [2.24, 2.45) is 34.5 Å². The molecular weight excluding hydrogens is 384 g/mol. The molecule has 0 bridgehead atoms. The monoisotopic (exact) mass is 418 g/mol. The van der Waals surface area contributed by atoms with E-state index in [1.807, 2.05) is 6.08 Å².